The molecule has 1 aromatic rings. The molecule has 0 aromatic heterocycles. The number of ketones is 2. The van der Waals surface area contributed by atoms with Crippen LogP contribution in [0.25, 0.3) is 0 Å². The Kier molecular flexibility index (Phi) is 4.00. The van der Waals surface area contributed by atoms with Gasteiger partial charge in [-0.25, -0.2) is 0 Å². The lowest BCUT2D eigenvalue weighted by Crippen LogP contribution is -2.11. The van der Waals surface area contributed by atoms with E-state index in [9.17, 15) is 9.59 Å². The quantitative estimate of drug-likeness (QED) is 0.573. The van der Waals surface area contributed by atoms with Gasteiger partial charge in [-0.05, 0) is 24.7 Å². The highest BCUT2D eigenvalue weighted by molar-refractivity contribution is 7.97. The van der Waals surface area contributed by atoms with Crippen LogP contribution in [0.2, 0.25) is 0 Å². The van der Waals surface area contributed by atoms with Gasteiger partial charge in [0.2, 0.25) is 0 Å². The molecule has 0 spiro atoms. The molecule has 17 heavy (non-hydrogen) atoms. The number of carbonyl (C=O) groups is 2. The van der Waals surface area contributed by atoms with Crippen molar-refractivity contribution >= 4 is 23.3 Å². The van der Waals surface area contributed by atoms with Gasteiger partial charge in [0, 0.05) is 17.2 Å². The second-order valence-corrected chi connectivity index (χ2v) is 5.30. The van der Waals surface area contributed by atoms with Crippen molar-refractivity contribution < 1.29 is 9.59 Å². The van der Waals surface area contributed by atoms with Gasteiger partial charge in [0.05, 0.1) is 6.42 Å². The first-order valence-corrected chi connectivity index (χ1v) is 7.24. The third-order valence-corrected chi connectivity index (χ3v) is 3.58. The standard InChI is InChI=1S/C14H16O2S/c1-17-9-11-4-2-3-5-12(11)14(16)8-13(15)10-6-7-10/h2-5,10H,6-9H2,1H3. The number of Topliss-reactive ketones (excluding diaryl/α,β-unsaturated/α-hetero) is 2. The van der Waals surface area contributed by atoms with E-state index in [0.717, 1.165) is 29.7 Å². The minimum absolute atomic E-state index is 0.0217. The van der Waals surface area contributed by atoms with Gasteiger partial charge in [-0.2, -0.15) is 11.8 Å². The zero-order valence-electron chi connectivity index (χ0n) is 9.94. The summed E-state index contributed by atoms with van der Waals surface area (Å²) in [7, 11) is 0. The van der Waals surface area contributed by atoms with E-state index < -0.39 is 0 Å². The molecule has 2 rings (SSSR count). The Morgan fingerprint density at radius 1 is 1.29 bits per heavy atom. The summed E-state index contributed by atoms with van der Waals surface area (Å²) in [5.41, 5.74) is 1.75. The van der Waals surface area contributed by atoms with E-state index >= 15 is 0 Å². The van der Waals surface area contributed by atoms with Gasteiger partial charge >= 0.3 is 0 Å². The Morgan fingerprint density at radius 2 is 2.00 bits per heavy atom. The van der Waals surface area contributed by atoms with Crippen LogP contribution in [0.4, 0.5) is 0 Å². The van der Waals surface area contributed by atoms with Crippen molar-refractivity contribution in [1.29, 1.82) is 0 Å². The highest BCUT2D eigenvalue weighted by Gasteiger charge is 2.30. The Morgan fingerprint density at radius 3 is 2.65 bits per heavy atom. The fourth-order valence-corrected chi connectivity index (χ4v) is 2.44. The zero-order chi connectivity index (χ0) is 12.3. The lowest BCUT2D eigenvalue weighted by molar-refractivity contribution is -0.119. The van der Waals surface area contributed by atoms with Crippen molar-refractivity contribution in [2.24, 2.45) is 5.92 Å². The predicted molar refractivity (Wildman–Crippen MR) is 70.3 cm³/mol. The van der Waals surface area contributed by atoms with Gasteiger partial charge in [-0.3, -0.25) is 9.59 Å². The highest BCUT2D eigenvalue weighted by Crippen LogP contribution is 2.31. The molecule has 0 radical (unpaired) electrons. The first kappa shape index (κ1) is 12.4. The molecule has 2 nitrogen and oxygen atoms in total. The van der Waals surface area contributed by atoms with Crippen molar-refractivity contribution in [2.75, 3.05) is 6.26 Å². The van der Waals surface area contributed by atoms with Gasteiger partial charge in [-0.1, -0.05) is 24.3 Å². The highest BCUT2D eigenvalue weighted by atomic mass is 32.2. The second kappa shape index (κ2) is 5.50. The molecule has 0 saturated heterocycles. The number of hydrogen-bond donors (Lipinski definition) is 0. The Balaban J connectivity index is 2.09. The first-order chi connectivity index (χ1) is 8.22. The molecule has 1 aliphatic carbocycles. The fraction of sp³-hybridized carbons (Fsp3) is 0.429. The van der Waals surface area contributed by atoms with Crippen LogP contribution in [0.3, 0.4) is 0 Å². The molecule has 0 unspecified atom stereocenters. The van der Waals surface area contributed by atoms with Gasteiger partial charge in [0.25, 0.3) is 0 Å². The van der Waals surface area contributed by atoms with E-state index in [1.165, 1.54) is 0 Å². The number of benzene rings is 1. The van der Waals surface area contributed by atoms with Gasteiger partial charge in [0.1, 0.15) is 5.78 Å². The maximum Gasteiger partial charge on any atom is 0.170 e. The second-order valence-electron chi connectivity index (χ2n) is 4.43. The van der Waals surface area contributed by atoms with Crippen LogP contribution in [0, 0.1) is 5.92 Å². The summed E-state index contributed by atoms with van der Waals surface area (Å²) >= 11 is 1.69. The van der Waals surface area contributed by atoms with Gasteiger partial charge < -0.3 is 0 Å². The van der Waals surface area contributed by atoms with E-state index in [4.69, 9.17) is 0 Å². The average molecular weight is 248 g/mol. The topological polar surface area (TPSA) is 34.1 Å². The SMILES string of the molecule is CSCc1ccccc1C(=O)CC(=O)C1CC1. The van der Waals surface area contributed by atoms with Crippen LogP contribution < -0.4 is 0 Å². The lowest BCUT2D eigenvalue weighted by atomic mass is 10.00. The largest absolute Gasteiger partial charge is 0.299 e. The summed E-state index contributed by atoms with van der Waals surface area (Å²) in [6.07, 6.45) is 4.03. The Bertz CT molecular complexity index is 436. The average Bonchev–Trinajstić information content (AvgIpc) is 3.13. The van der Waals surface area contributed by atoms with Crippen molar-refractivity contribution in [1.82, 2.24) is 0 Å². The summed E-state index contributed by atoms with van der Waals surface area (Å²) < 4.78 is 0. The molecule has 0 bridgehead atoms. The van der Waals surface area contributed by atoms with E-state index in [-0.39, 0.29) is 23.9 Å². The van der Waals surface area contributed by atoms with Crippen molar-refractivity contribution in [2.45, 2.75) is 25.0 Å². The molecule has 3 heteroatoms. The minimum Gasteiger partial charge on any atom is -0.299 e. The predicted octanol–water partition coefficient (Wildman–Crippen LogP) is 3.10. The molecule has 1 aliphatic rings. The fourth-order valence-electron chi connectivity index (χ4n) is 1.88. The molecule has 1 fully saturated rings. The van der Waals surface area contributed by atoms with Crippen molar-refractivity contribution in [3.63, 3.8) is 0 Å². The summed E-state index contributed by atoms with van der Waals surface area (Å²) in [6.45, 7) is 0. The Labute approximate surface area is 106 Å². The van der Waals surface area contributed by atoms with E-state index in [1.54, 1.807) is 11.8 Å². The van der Waals surface area contributed by atoms with Crippen molar-refractivity contribution in [3.05, 3.63) is 35.4 Å². The van der Waals surface area contributed by atoms with Crippen LogP contribution in [0.1, 0.15) is 35.2 Å². The summed E-state index contributed by atoms with van der Waals surface area (Å²) in [5.74, 6) is 1.09. The number of thioether (sulfide) groups is 1. The van der Waals surface area contributed by atoms with Gasteiger partial charge in [0.15, 0.2) is 5.78 Å². The van der Waals surface area contributed by atoms with Crippen LogP contribution in [0.15, 0.2) is 24.3 Å². The first-order valence-electron chi connectivity index (χ1n) is 5.85. The van der Waals surface area contributed by atoms with Crippen LogP contribution in [0.5, 0.6) is 0 Å². The minimum atomic E-state index is -0.0217. The number of carbonyl (C=O) groups excluding carboxylic acids is 2. The molecule has 0 aliphatic heterocycles. The third kappa shape index (κ3) is 3.19. The molecule has 0 amide bonds. The Hall–Kier alpha value is -1.09. The maximum absolute atomic E-state index is 12.1. The van der Waals surface area contributed by atoms with Crippen LogP contribution >= 0.6 is 11.8 Å². The maximum atomic E-state index is 12.1. The van der Waals surface area contributed by atoms with E-state index in [0.29, 0.717) is 0 Å². The molecule has 0 N–H and O–H groups in total. The normalized spacial score (nSPS) is 14.6. The van der Waals surface area contributed by atoms with Crippen LogP contribution in [-0.2, 0) is 10.5 Å². The van der Waals surface area contributed by atoms with Crippen LogP contribution in [-0.4, -0.2) is 17.8 Å². The molecular formula is C14H16O2S. The van der Waals surface area contributed by atoms with E-state index in [1.807, 2.05) is 30.5 Å². The van der Waals surface area contributed by atoms with E-state index in [2.05, 4.69) is 0 Å². The smallest absolute Gasteiger partial charge is 0.170 e. The number of rotatable bonds is 6. The molecule has 1 saturated carbocycles. The monoisotopic (exact) mass is 248 g/mol. The molecule has 0 atom stereocenters. The summed E-state index contributed by atoms with van der Waals surface area (Å²) in [5, 5.41) is 0. The summed E-state index contributed by atoms with van der Waals surface area (Å²) in [6, 6.07) is 7.59. The third-order valence-electron chi connectivity index (χ3n) is 2.99. The molecular weight excluding hydrogens is 232 g/mol. The van der Waals surface area contributed by atoms with Crippen molar-refractivity contribution in [3.8, 4) is 0 Å². The summed E-state index contributed by atoms with van der Waals surface area (Å²) in [4.78, 5) is 23.7. The molecule has 90 valence electrons. The lowest BCUT2D eigenvalue weighted by Gasteiger charge is -2.06. The molecule has 0 heterocycles. The number of hydrogen-bond acceptors (Lipinski definition) is 3. The molecule has 1 aromatic carbocycles. The van der Waals surface area contributed by atoms with Gasteiger partial charge in [-0.15, -0.1) is 0 Å². The zero-order valence-corrected chi connectivity index (χ0v) is 10.8.